The van der Waals surface area contributed by atoms with Gasteiger partial charge in [0.2, 0.25) is 0 Å². The summed E-state index contributed by atoms with van der Waals surface area (Å²) in [6.07, 6.45) is 2.19. The van der Waals surface area contributed by atoms with Gasteiger partial charge in [0, 0.05) is 6.61 Å². The highest BCUT2D eigenvalue weighted by Gasteiger charge is 1.98. The molecular weight excluding hydrogens is 163 g/mol. The zero-order valence-corrected chi connectivity index (χ0v) is 7.53. The molecule has 0 unspecified atom stereocenters. The minimum atomic E-state index is -1.76. The van der Waals surface area contributed by atoms with E-state index in [1.165, 1.54) is 0 Å². The minimum Gasteiger partial charge on any atom is -0.395 e. The number of rotatable bonds is 4. The van der Waals surface area contributed by atoms with Crippen LogP contribution in [0.1, 0.15) is 19.8 Å². The van der Waals surface area contributed by atoms with Crippen molar-refractivity contribution in [2.24, 2.45) is 0 Å². The molecule has 0 aromatic heterocycles. The largest absolute Gasteiger partial charge is 0.395 e. The van der Waals surface area contributed by atoms with Crippen LogP contribution >= 0.6 is 22.2 Å². The second-order valence-corrected chi connectivity index (χ2v) is 5.39. The van der Waals surface area contributed by atoms with E-state index in [1.54, 1.807) is 0 Å². The molecule has 0 aliphatic heterocycles. The Kier molecular flexibility index (Phi) is 6.44. The van der Waals surface area contributed by atoms with E-state index in [0.717, 1.165) is 19.4 Å². The predicted octanol–water partition coefficient (Wildman–Crippen LogP) is 2.00. The van der Waals surface area contributed by atoms with Gasteiger partial charge < -0.3 is 4.43 Å². The third-order valence-corrected chi connectivity index (χ3v) is 1.99. The molecule has 0 aromatic rings. The molecule has 0 spiro atoms. The molecule has 0 amide bonds. The number of hydrogen-bond donors (Lipinski definition) is 0. The van der Waals surface area contributed by atoms with E-state index in [1.807, 2.05) is 0 Å². The molecule has 50 valence electrons. The first-order valence-corrected chi connectivity index (χ1v) is 6.63. The van der Waals surface area contributed by atoms with Gasteiger partial charge in [-0.3, -0.25) is 0 Å². The standard InChI is InChI=1S/C4H10Cl2OSi/c1-2-3-4-7-8(5)6/h8H,2-4H2,1H3. The maximum absolute atomic E-state index is 5.40. The lowest BCUT2D eigenvalue weighted by Gasteiger charge is -1.99. The highest BCUT2D eigenvalue weighted by Crippen LogP contribution is 1.98. The maximum Gasteiger partial charge on any atom is 0.373 e. The van der Waals surface area contributed by atoms with Crippen LogP contribution in [-0.2, 0) is 4.43 Å². The van der Waals surface area contributed by atoms with Gasteiger partial charge >= 0.3 is 7.66 Å². The Balaban J connectivity index is 2.72. The molecular formula is C4H10Cl2OSi. The van der Waals surface area contributed by atoms with E-state index in [4.69, 9.17) is 26.6 Å². The van der Waals surface area contributed by atoms with Crippen molar-refractivity contribution in [1.29, 1.82) is 0 Å². The number of hydrogen-bond acceptors (Lipinski definition) is 1. The fourth-order valence-corrected chi connectivity index (χ4v) is 1.20. The van der Waals surface area contributed by atoms with Crippen molar-refractivity contribution in [3.63, 3.8) is 0 Å². The second-order valence-electron chi connectivity index (χ2n) is 1.48. The lowest BCUT2D eigenvalue weighted by atomic mass is 10.4. The van der Waals surface area contributed by atoms with E-state index in [-0.39, 0.29) is 0 Å². The zero-order valence-electron chi connectivity index (χ0n) is 4.86. The predicted molar refractivity (Wildman–Crippen MR) is 39.7 cm³/mol. The van der Waals surface area contributed by atoms with Crippen molar-refractivity contribution < 1.29 is 4.43 Å². The Morgan fingerprint density at radius 2 is 2.12 bits per heavy atom. The SMILES string of the molecule is CCCCO[SiH](Cl)Cl. The lowest BCUT2D eigenvalue weighted by molar-refractivity contribution is 0.331. The summed E-state index contributed by atoms with van der Waals surface area (Å²) < 4.78 is 4.95. The van der Waals surface area contributed by atoms with Crippen LogP contribution in [-0.4, -0.2) is 14.3 Å². The van der Waals surface area contributed by atoms with Crippen molar-refractivity contribution >= 4 is 29.8 Å². The van der Waals surface area contributed by atoms with Gasteiger partial charge in [0.05, 0.1) is 0 Å². The van der Waals surface area contributed by atoms with Crippen LogP contribution in [0.4, 0.5) is 0 Å². The minimum absolute atomic E-state index is 0.723. The van der Waals surface area contributed by atoms with Gasteiger partial charge in [0.15, 0.2) is 0 Å². The van der Waals surface area contributed by atoms with Crippen LogP contribution in [0, 0.1) is 0 Å². The van der Waals surface area contributed by atoms with Gasteiger partial charge in [0.25, 0.3) is 0 Å². The van der Waals surface area contributed by atoms with Crippen molar-refractivity contribution in [1.82, 2.24) is 0 Å². The highest BCUT2D eigenvalue weighted by molar-refractivity contribution is 7.30. The van der Waals surface area contributed by atoms with E-state index < -0.39 is 7.66 Å². The smallest absolute Gasteiger partial charge is 0.373 e. The van der Waals surface area contributed by atoms with Crippen LogP contribution in [0.5, 0.6) is 0 Å². The van der Waals surface area contributed by atoms with Gasteiger partial charge in [-0.15, -0.1) is 22.2 Å². The fourth-order valence-electron chi connectivity index (χ4n) is 0.317. The molecule has 0 rings (SSSR count). The summed E-state index contributed by atoms with van der Waals surface area (Å²) in [5, 5.41) is 0. The van der Waals surface area contributed by atoms with Crippen LogP contribution in [0.2, 0.25) is 0 Å². The molecule has 0 atom stereocenters. The van der Waals surface area contributed by atoms with Crippen LogP contribution in [0.3, 0.4) is 0 Å². The maximum atomic E-state index is 5.40. The Labute approximate surface area is 61.1 Å². The average Bonchev–Trinajstić information content (AvgIpc) is 1.66. The quantitative estimate of drug-likeness (QED) is 0.359. The van der Waals surface area contributed by atoms with Crippen molar-refractivity contribution in [2.75, 3.05) is 6.61 Å². The molecule has 4 heteroatoms. The summed E-state index contributed by atoms with van der Waals surface area (Å²) in [6.45, 7) is 2.82. The first-order chi connectivity index (χ1) is 3.77. The summed E-state index contributed by atoms with van der Waals surface area (Å²) in [5.41, 5.74) is 0. The topological polar surface area (TPSA) is 9.23 Å². The number of unbranched alkanes of at least 4 members (excludes halogenated alkanes) is 1. The van der Waals surface area contributed by atoms with Gasteiger partial charge in [0.1, 0.15) is 0 Å². The van der Waals surface area contributed by atoms with E-state index >= 15 is 0 Å². The molecule has 0 saturated carbocycles. The summed E-state index contributed by atoms with van der Waals surface area (Å²) in [4.78, 5) is 0. The Morgan fingerprint density at radius 1 is 1.50 bits per heavy atom. The monoisotopic (exact) mass is 172 g/mol. The van der Waals surface area contributed by atoms with E-state index in [2.05, 4.69) is 6.92 Å². The third kappa shape index (κ3) is 6.76. The summed E-state index contributed by atoms with van der Waals surface area (Å²) in [5.74, 6) is 0. The molecule has 0 aliphatic rings. The summed E-state index contributed by atoms with van der Waals surface area (Å²) in [6, 6.07) is 0. The molecule has 0 aromatic carbocycles. The highest BCUT2D eigenvalue weighted by atomic mass is 35.7. The van der Waals surface area contributed by atoms with Crippen molar-refractivity contribution in [3.05, 3.63) is 0 Å². The Hall–Kier alpha value is 0.757. The first-order valence-electron chi connectivity index (χ1n) is 2.67. The van der Waals surface area contributed by atoms with Gasteiger partial charge in [-0.25, -0.2) is 0 Å². The Bertz CT molecular complexity index is 51.3. The van der Waals surface area contributed by atoms with Crippen molar-refractivity contribution in [3.8, 4) is 0 Å². The fraction of sp³-hybridized carbons (Fsp3) is 1.00. The van der Waals surface area contributed by atoms with Gasteiger partial charge in [-0.05, 0) is 6.42 Å². The van der Waals surface area contributed by atoms with E-state index in [9.17, 15) is 0 Å². The average molecular weight is 173 g/mol. The van der Waals surface area contributed by atoms with Crippen LogP contribution in [0.25, 0.3) is 0 Å². The lowest BCUT2D eigenvalue weighted by Crippen LogP contribution is -2.02. The molecule has 0 N–H and O–H groups in total. The molecule has 0 bridgehead atoms. The van der Waals surface area contributed by atoms with E-state index in [0.29, 0.717) is 0 Å². The van der Waals surface area contributed by atoms with Gasteiger partial charge in [-0.2, -0.15) is 0 Å². The molecule has 0 fully saturated rings. The second kappa shape index (κ2) is 5.89. The summed E-state index contributed by atoms with van der Waals surface area (Å²) in [7, 11) is -1.76. The van der Waals surface area contributed by atoms with Gasteiger partial charge in [-0.1, -0.05) is 13.3 Å². The molecule has 0 heterocycles. The normalized spacial score (nSPS) is 10.5. The van der Waals surface area contributed by atoms with Crippen LogP contribution in [0.15, 0.2) is 0 Å². The molecule has 0 saturated heterocycles. The third-order valence-electron chi connectivity index (χ3n) is 0.742. The first kappa shape index (κ1) is 8.76. The van der Waals surface area contributed by atoms with Crippen LogP contribution < -0.4 is 0 Å². The molecule has 0 aliphatic carbocycles. The number of halogens is 2. The molecule has 8 heavy (non-hydrogen) atoms. The Morgan fingerprint density at radius 3 is 2.50 bits per heavy atom. The zero-order chi connectivity index (χ0) is 6.41. The summed E-state index contributed by atoms with van der Waals surface area (Å²) >= 11 is 10.8. The molecule has 1 nitrogen and oxygen atoms in total. The van der Waals surface area contributed by atoms with Crippen molar-refractivity contribution in [2.45, 2.75) is 19.8 Å². The molecule has 0 radical (unpaired) electrons.